The molecule has 3 aromatic rings. The van der Waals surface area contributed by atoms with Gasteiger partial charge < -0.3 is 9.47 Å². The van der Waals surface area contributed by atoms with Crippen molar-refractivity contribution in [3.8, 4) is 5.75 Å². The lowest BCUT2D eigenvalue weighted by Gasteiger charge is -2.25. The topological polar surface area (TPSA) is 69.9 Å². The highest BCUT2D eigenvalue weighted by Crippen LogP contribution is 2.34. The Morgan fingerprint density at radius 2 is 2.00 bits per heavy atom. The number of carbonyl (C=O) groups is 1. The Hall–Kier alpha value is -2.24. The van der Waals surface area contributed by atoms with Crippen LogP contribution in [0.1, 0.15) is 31.0 Å². The van der Waals surface area contributed by atoms with Crippen LogP contribution < -0.4 is 19.6 Å². The molecule has 0 spiro atoms. The molecular weight excluding hydrogens is 619 g/mol. The molecule has 6 nitrogen and oxygen atoms in total. The molecule has 33 heavy (non-hydrogen) atoms. The molecule has 0 unspecified atom stereocenters. The van der Waals surface area contributed by atoms with Gasteiger partial charge in [0, 0.05) is 3.57 Å². The van der Waals surface area contributed by atoms with E-state index in [1.165, 1.54) is 11.3 Å². The van der Waals surface area contributed by atoms with Gasteiger partial charge >= 0.3 is 5.97 Å². The second-order valence-corrected chi connectivity index (χ2v) is 10.4. The van der Waals surface area contributed by atoms with Crippen LogP contribution in [0.25, 0.3) is 6.08 Å². The van der Waals surface area contributed by atoms with Gasteiger partial charge in [0.05, 0.1) is 40.0 Å². The molecule has 9 heteroatoms. The Labute approximate surface area is 216 Å². The van der Waals surface area contributed by atoms with Crippen molar-refractivity contribution in [3.63, 3.8) is 0 Å². The zero-order chi connectivity index (χ0) is 23.7. The smallest absolute Gasteiger partial charge is 0.338 e. The first-order chi connectivity index (χ1) is 15.8. The third-order valence-electron chi connectivity index (χ3n) is 5.18. The highest BCUT2D eigenvalue weighted by atomic mass is 127. The third-order valence-corrected chi connectivity index (χ3v) is 7.50. The van der Waals surface area contributed by atoms with Crippen LogP contribution in [0, 0.1) is 3.57 Å². The average molecular weight is 639 g/mol. The maximum atomic E-state index is 13.6. The van der Waals surface area contributed by atoms with Gasteiger partial charge in [0.15, 0.2) is 4.80 Å². The fraction of sp³-hybridized carbons (Fsp3) is 0.208. The van der Waals surface area contributed by atoms with Crippen molar-refractivity contribution in [1.29, 1.82) is 0 Å². The van der Waals surface area contributed by atoms with E-state index in [1.54, 1.807) is 31.6 Å². The number of nitrogens with zero attached hydrogens (tertiary/aromatic N) is 2. The summed E-state index contributed by atoms with van der Waals surface area (Å²) in [4.78, 5) is 31.7. The normalized spacial score (nSPS) is 15.8. The molecule has 0 aliphatic carbocycles. The molecule has 0 radical (unpaired) electrons. The highest BCUT2D eigenvalue weighted by molar-refractivity contribution is 14.1. The first-order valence-corrected chi connectivity index (χ1v) is 12.8. The van der Waals surface area contributed by atoms with Gasteiger partial charge in [-0.15, -0.1) is 0 Å². The number of esters is 1. The Bertz CT molecular complexity index is 1440. The fourth-order valence-corrected chi connectivity index (χ4v) is 5.63. The zero-order valence-corrected chi connectivity index (χ0v) is 22.7. The molecule has 0 N–H and O–H groups in total. The summed E-state index contributed by atoms with van der Waals surface area (Å²) < 4.78 is 14.7. The van der Waals surface area contributed by atoms with Crippen LogP contribution in [0.3, 0.4) is 0 Å². The molecule has 170 valence electrons. The monoisotopic (exact) mass is 638 g/mol. The minimum absolute atomic E-state index is 0.205. The molecule has 0 saturated heterocycles. The second-order valence-electron chi connectivity index (χ2n) is 7.25. The van der Waals surface area contributed by atoms with E-state index in [-0.39, 0.29) is 12.2 Å². The summed E-state index contributed by atoms with van der Waals surface area (Å²) in [5.74, 6) is 0.172. The van der Waals surface area contributed by atoms with Crippen LogP contribution in [0.2, 0.25) is 0 Å². The molecule has 0 amide bonds. The van der Waals surface area contributed by atoms with Crippen molar-refractivity contribution in [2.45, 2.75) is 19.9 Å². The van der Waals surface area contributed by atoms with Gasteiger partial charge in [0.1, 0.15) is 5.75 Å². The van der Waals surface area contributed by atoms with Crippen LogP contribution >= 0.6 is 49.9 Å². The highest BCUT2D eigenvalue weighted by Gasteiger charge is 2.33. The molecular formula is C24H20BrIN2O4S. The summed E-state index contributed by atoms with van der Waals surface area (Å²) >= 11 is 7.07. The summed E-state index contributed by atoms with van der Waals surface area (Å²) in [6.07, 6.45) is 1.85. The molecule has 2 heterocycles. The number of aromatic nitrogens is 1. The number of thiazole rings is 1. The largest absolute Gasteiger partial charge is 0.496 e. The summed E-state index contributed by atoms with van der Waals surface area (Å²) in [5.41, 5.74) is 2.35. The summed E-state index contributed by atoms with van der Waals surface area (Å²) in [5, 5.41) is 0. The molecule has 0 bridgehead atoms. The quantitative estimate of drug-likeness (QED) is 0.311. The van der Waals surface area contributed by atoms with Crippen LogP contribution in [0.5, 0.6) is 5.75 Å². The molecule has 1 atom stereocenters. The minimum Gasteiger partial charge on any atom is -0.496 e. The van der Waals surface area contributed by atoms with E-state index in [1.807, 2.05) is 42.5 Å². The van der Waals surface area contributed by atoms with Crippen LogP contribution in [-0.4, -0.2) is 24.3 Å². The Kier molecular flexibility index (Phi) is 7.20. The lowest BCUT2D eigenvalue weighted by molar-refractivity contribution is -0.139. The van der Waals surface area contributed by atoms with E-state index in [9.17, 15) is 9.59 Å². The molecule has 0 fully saturated rings. The second kappa shape index (κ2) is 9.94. The Morgan fingerprint density at radius 1 is 1.27 bits per heavy atom. The van der Waals surface area contributed by atoms with E-state index < -0.39 is 12.0 Å². The number of methoxy groups -OCH3 is 1. The fourth-order valence-electron chi connectivity index (χ4n) is 3.67. The number of allylic oxidation sites excluding steroid dienone is 1. The number of fused-ring (bicyclic) bond motifs is 1. The first-order valence-electron chi connectivity index (χ1n) is 10.1. The van der Waals surface area contributed by atoms with Crippen LogP contribution in [-0.2, 0) is 9.53 Å². The van der Waals surface area contributed by atoms with Gasteiger partial charge in [-0.3, -0.25) is 9.36 Å². The lowest BCUT2D eigenvalue weighted by Crippen LogP contribution is -2.39. The van der Waals surface area contributed by atoms with Crippen molar-refractivity contribution < 1.29 is 14.3 Å². The number of hydrogen-bond donors (Lipinski definition) is 0. The maximum absolute atomic E-state index is 13.6. The van der Waals surface area contributed by atoms with Crippen LogP contribution in [0.4, 0.5) is 0 Å². The van der Waals surface area contributed by atoms with Gasteiger partial charge in [0.2, 0.25) is 0 Å². The van der Waals surface area contributed by atoms with Gasteiger partial charge in [-0.05, 0) is 93.8 Å². The van der Waals surface area contributed by atoms with E-state index in [2.05, 4.69) is 43.5 Å². The van der Waals surface area contributed by atoms with E-state index in [0.717, 1.165) is 19.2 Å². The van der Waals surface area contributed by atoms with Gasteiger partial charge in [-0.1, -0.05) is 29.5 Å². The zero-order valence-electron chi connectivity index (χ0n) is 18.1. The SMILES string of the molecule is CCOC(=O)C1=C(C)N=c2s/c(=C/c3ccc(I)cc3)c(=O)n2[C@H]1c1ccc(OC)c(Br)c1. The van der Waals surface area contributed by atoms with Gasteiger partial charge in [-0.2, -0.15) is 0 Å². The van der Waals surface area contributed by atoms with E-state index in [4.69, 9.17) is 9.47 Å². The predicted molar refractivity (Wildman–Crippen MR) is 140 cm³/mol. The number of halogens is 2. The summed E-state index contributed by atoms with van der Waals surface area (Å²) in [6.45, 7) is 3.75. The summed E-state index contributed by atoms with van der Waals surface area (Å²) in [6, 6.07) is 12.8. The van der Waals surface area contributed by atoms with E-state index in [0.29, 0.717) is 26.4 Å². The van der Waals surface area contributed by atoms with Crippen molar-refractivity contribution in [1.82, 2.24) is 4.57 Å². The van der Waals surface area contributed by atoms with Crippen molar-refractivity contribution in [2.24, 2.45) is 4.99 Å². The maximum Gasteiger partial charge on any atom is 0.338 e. The Balaban J connectivity index is 1.96. The predicted octanol–water partition coefficient (Wildman–Crippen LogP) is 4.17. The molecule has 1 aromatic heterocycles. The molecule has 2 aromatic carbocycles. The summed E-state index contributed by atoms with van der Waals surface area (Å²) in [7, 11) is 1.58. The van der Waals surface area contributed by atoms with Crippen molar-refractivity contribution >= 4 is 61.9 Å². The minimum atomic E-state index is -0.665. The molecule has 1 aliphatic heterocycles. The standard InChI is InChI=1S/C24H20BrIN2O4S/c1-4-32-23(30)20-13(2)27-24-28(21(20)15-7-10-18(31-3)17(25)12-15)22(29)19(33-24)11-14-5-8-16(26)9-6-14/h5-12,21H,4H2,1-3H3/b19-11+/t21-/m0/s1. The number of ether oxygens (including phenoxy) is 2. The Morgan fingerprint density at radius 3 is 2.64 bits per heavy atom. The first kappa shape index (κ1) is 23.9. The lowest BCUT2D eigenvalue weighted by atomic mass is 9.96. The number of rotatable bonds is 5. The van der Waals surface area contributed by atoms with Gasteiger partial charge in [-0.25, -0.2) is 9.79 Å². The molecule has 0 saturated carbocycles. The van der Waals surface area contributed by atoms with Crippen molar-refractivity contribution in [2.75, 3.05) is 13.7 Å². The number of carbonyl (C=O) groups excluding carboxylic acids is 1. The molecule has 4 rings (SSSR count). The van der Waals surface area contributed by atoms with Crippen molar-refractivity contribution in [3.05, 3.63) is 92.6 Å². The molecule has 1 aliphatic rings. The third kappa shape index (κ3) is 4.71. The van der Waals surface area contributed by atoms with Crippen LogP contribution in [0.15, 0.2) is 68.0 Å². The number of benzene rings is 2. The van der Waals surface area contributed by atoms with E-state index >= 15 is 0 Å². The average Bonchev–Trinajstić information content (AvgIpc) is 3.09. The van der Waals surface area contributed by atoms with Gasteiger partial charge in [0.25, 0.3) is 5.56 Å². The number of hydrogen-bond acceptors (Lipinski definition) is 6.